The number of ether oxygens (including phenoxy) is 2. The molecule has 1 heterocycles. The van der Waals surface area contributed by atoms with Crippen LogP contribution in [0.1, 0.15) is 49.3 Å². The zero-order valence-electron chi connectivity index (χ0n) is 24.0. The quantitative estimate of drug-likeness (QED) is 0.276. The SMILES string of the molecule is COc1ccc(CCN(C(=O)Cn2nnc3ccccc32)C(C(=O)NC2CCCCC2)c2ccc(F)cc2)cc1OC. The van der Waals surface area contributed by atoms with Crippen LogP contribution >= 0.6 is 0 Å². The van der Waals surface area contributed by atoms with Crippen LogP contribution in [0.2, 0.25) is 0 Å². The van der Waals surface area contributed by atoms with E-state index in [9.17, 15) is 14.0 Å². The average molecular weight is 574 g/mol. The van der Waals surface area contributed by atoms with E-state index in [-0.39, 0.29) is 30.9 Å². The highest BCUT2D eigenvalue weighted by molar-refractivity contribution is 5.89. The Morgan fingerprint density at radius 2 is 1.74 bits per heavy atom. The fourth-order valence-corrected chi connectivity index (χ4v) is 5.58. The van der Waals surface area contributed by atoms with Crippen molar-refractivity contribution in [2.45, 2.75) is 57.2 Å². The lowest BCUT2D eigenvalue weighted by atomic mass is 9.94. The first-order valence-electron chi connectivity index (χ1n) is 14.3. The molecule has 5 rings (SSSR count). The summed E-state index contributed by atoms with van der Waals surface area (Å²) in [5.74, 6) is 0.176. The second-order valence-electron chi connectivity index (χ2n) is 10.6. The smallest absolute Gasteiger partial charge is 0.247 e. The zero-order chi connectivity index (χ0) is 29.5. The normalized spacial score (nSPS) is 14.4. The Labute approximate surface area is 244 Å². The highest BCUT2D eigenvalue weighted by Crippen LogP contribution is 2.29. The van der Waals surface area contributed by atoms with Gasteiger partial charge in [0.25, 0.3) is 0 Å². The molecule has 1 aliphatic carbocycles. The molecule has 1 aromatic heterocycles. The molecule has 0 bridgehead atoms. The van der Waals surface area contributed by atoms with Gasteiger partial charge in [-0.2, -0.15) is 0 Å². The molecule has 0 saturated heterocycles. The number of nitrogens with one attached hydrogen (secondary N) is 1. The molecule has 1 fully saturated rings. The summed E-state index contributed by atoms with van der Waals surface area (Å²) in [6.45, 7) is 0.113. The van der Waals surface area contributed by atoms with Crippen molar-refractivity contribution in [2.75, 3.05) is 20.8 Å². The first-order valence-corrected chi connectivity index (χ1v) is 14.3. The lowest BCUT2D eigenvalue weighted by Crippen LogP contribution is -2.48. The van der Waals surface area contributed by atoms with Gasteiger partial charge in [-0.25, -0.2) is 9.07 Å². The van der Waals surface area contributed by atoms with Gasteiger partial charge >= 0.3 is 0 Å². The predicted molar refractivity (Wildman–Crippen MR) is 157 cm³/mol. The van der Waals surface area contributed by atoms with E-state index in [1.165, 1.54) is 12.1 Å². The number of carbonyl (C=O) groups excluding carboxylic acids is 2. The van der Waals surface area contributed by atoms with E-state index in [1.54, 1.807) is 35.9 Å². The van der Waals surface area contributed by atoms with Gasteiger partial charge in [-0.15, -0.1) is 5.10 Å². The van der Waals surface area contributed by atoms with Gasteiger partial charge in [0.2, 0.25) is 11.8 Å². The fourth-order valence-electron chi connectivity index (χ4n) is 5.58. The van der Waals surface area contributed by atoms with Crippen molar-refractivity contribution in [1.82, 2.24) is 25.2 Å². The molecule has 1 atom stereocenters. The summed E-state index contributed by atoms with van der Waals surface area (Å²) in [6.07, 6.45) is 5.48. The first-order chi connectivity index (χ1) is 20.5. The maximum absolute atomic E-state index is 14.1. The van der Waals surface area contributed by atoms with E-state index in [0.717, 1.165) is 43.2 Å². The number of halogens is 1. The third kappa shape index (κ3) is 6.70. The summed E-state index contributed by atoms with van der Waals surface area (Å²) < 4.78 is 26.3. The van der Waals surface area contributed by atoms with Crippen molar-refractivity contribution in [3.8, 4) is 11.5 Å². The molecule has 1 aliphatic rings. The third-order valence-corrected chi connectivity index (χ3v) is 7.81. The molecule has 0 aliphatic heterocycles. The van der Waals surface area contributed by atoms with Gasteiger partial charge in [0.15, 0.2) is 11.5 Å². The Kier molecular flexibility index (Phi) is 9.31. The van der Waals surface area contributed by atoms with E-state index >= 15 is 0 Å². The van der Waals surface area contributed by atoms with Gasteiger partial charge in [-0.1, -0.05) is 54.8 Å². The number of carbonyl (C=O) groups is 2. The summed E-state index contributed by atoms with van der Waals surface area (Å²) in [5, 5.41) is 11.6. The molecule has 10 heteroatoms. The minimum absolute atomic E-state index is 0.0382. The Morgan fingerprint density at radius 3 is 2.48 bits per heavy atom. The van der Waals surface area contributed by atoms with Crippen molar-refractivity contribution in [1.29, 1.82) is 0 Å². The molecule has 3 aromatic carbocycles. The fraction of sp³-hybridized carbons (Fsp3) is 0.375. The Bertz CT molecular complexity index is 1520. The minimum atomic E-state index is -0.963. The van der Waals surface area contributed by atoms with Gasteiger partial charge in [-0.05, 0) is 66.8 Å². The maximum atomic E-state index is 14.1. The van der Waals surface area contributed by atoms with Gasteiger partial charge in [0.05, 0.1) is 19.7 Å². The highest BCUT2D eigenvalue weighted by atomic mass is 19.1. The summed E-state index contributed by atoms with van der Waals surface area (Å²) in [6, 6.07) is 17.8. The van der Waals surface area contributed by atoms with Crippen LogP contribution in [-0.2, 0) is 22.6 Å². The molecular formula is C32H36FN5O4. The van der Waals surface area contributed by atoms with Gasteiger partial charge in [0.1, 0.15) is 23.9 Å². The van der Waals surface area contributed by atoms with Crippen LogP contribution in [0.4, 0.5) is 4.39 Å². The van der Waals surface area contributed by atoms with Crippen LogP contribution in [0.25, 0.3) is 11.0 Å². The summed E-state index contributed by atoms with van der Waals surface area (Å²) in [4.78, 5) is 29.7. The summed E-state index contributed by atoms with van der Waals surface area (Å²) in [5.41, 5.74) is 2.83. The second-order valence-corrected chi connectivity index (χ2v) is 10.6. The number of fused-ring (bicyclic) bond motifs is 1. The topological polar surface area (TPSA) is 98.6 Å². The van der Waals surface area contributed by atoms with Crippen LogP contribution in [0.5, 0.6) is 11.5 Å². The van der Waals surface area contributed by atoms with Gasteiger partial charge in [-0.3, -0.25) is 9.59 Å². The van der Waals surface area contributed by atoms with E-state index in [0.29, 0.717) is 29.0 Å². The maximum Gasteiger partial charge on any atom is 0.247 e. The summed E-state index contributed by atoms with van der Waals surface area (Å²) >= 11 is 0. The molecule has 1 unspecified atom stereocenters. The molecule has 9 nitrogen and oxygen atoms in total. The standard InChI is InChI=1S/C32H36FN5O4/c1-41-28-17-12-22(20-29(28)42-2)18-19-37(30(39)21-38-27-11-7-6-10-26(27)35-36-38)31(23-13-15-24(33)16-14-23)32(40)34-25-8-4-3-5-9-25/h6-7,10-17,20,25,31H,3-5,8-9,18-19,21H2,1-2H3,(H,34,40). The van der Waals surface area contributed by atoms with E-state index < -0.39 is 11.9 Å². The molecule has 2 amide bonds. The third-order valence-electron chi connectivity index (χ3n) is 7.81. The molecule has 1 N–H and O–H groups in total. The Morgan fingerprint density at radius 1 is 1.00 bits per heavy atom. The number of amides is 2. The Hall–Kier alpha value is -4.47. The molecule has 42 heavy (non-hydrogen) atoms. The average Bonchev–Trinajstić information content (AvgIpc) is 3.42. The number of hydrogen-bond acceptors (Lipinski definition) is 6. The van der Waals surface area contributed by atoms with Crippen LogP contribution in [0.15, 0.2) is 66.7 Å². The number of methoxy groups -OCH3 is 2. The minimum Gasteiger partial charge on any atom is -0.493 e. The Balaban J connectivity index is 1.49. The number of hydrogen-bond donors (Lipinski definition) is 1. The molecule has 0 radical (unpaired) electrons. The number of aromatic nitrogens is 3. The molecular weight excluding hydrogens is 537 g/mol. The van der Waals surface area contributed by atoms with Gasteiger partial charge < -0.3 is 19.7 Å². The van der Waals surface area contributed by atoms with Crippen molar-refractivity contribution in [2.24, 2.45) is 0 Å². The van der Waals surface area contributed by atoms with Crippen LogP contribution in [0, 0.1) is 5.82 Å². The molecule has 0 spiro atoms. The lowest BCUT2D eigenvalue weighted by Gasteiger charge is -2.33. The van der Waals surface area contributed by atoms with E-state index in [4.69, 9.17) is 9.47 Å². The van der Waals surface area contributed by atoms with Crippen LogP contribution in [0.3, 0.4) is 0 Å². The molecule has 4 aromatic rings. The van der Waals surface area contributed by atoms with Crippen molar-refractivity contribution in [3.63, 3.8) is 0 Å². The highest BCUT2D eigenvalue weighted by Gasteiger charge is 2.33. The van der Waals surface area contributed by atoms with E-state index in [2.05, 4.69) is 15.6 Å². The number of nitrogens with zero attached hydrogens (tertiary/aromatic N) is 4. The van der Waals surface area contributed by atoms with E-state index in [1.807, 2.05) is 42.5 Å². The van der Waals surface area contributed by atoms with Crippen LogP contribution in [-0.4, -0.2) is 58.5 Å². The molecule has 1 saturated carbocycles. The van der Waals surface area contributed by atoms with Crippen LogP contribution < -0.4 is 14.8 Å². The zero-order valence-corrected chi connectivity index (χ0v) is 24.0. The van der Waals surface area contributed by atoms with Crippen molar-refractivity contribution < 1.29 is 23.5 Å². The number of benzene rings is 3. The lowest BCUT2D eigenvalue weighted by molar-refractivity contribution is -0.141. The molecule has 220 valence electrons. The largest absolute Gasteiger partial charge is 0.493 e. The number of para-hydroxylation sites is 1. The van der Waals surface area contributed by atoms with Crippen molar-refractivity contribution >= 4 is 22.8 Å². The number of rotatable bonds is 11. The predicted octanol–water partition coefficient (Wildman–Crippen LogP) is 4.85. The van der Waals surface area contributed by atoms with Gasteiger partial charge in [0, 0.05) is 12.6 Å². The summed E-state index contributed by atoms with van der Waals surface area (Å²) in [7, 11) is 3.14. The first kappa shape index (κ1) is 29.0. The van der Waals surface area contributed by atoms with Crippen molar-refractivity contribution in [3.05, 3.63) is 83.7 Å². The monoisotopic (exact) mass is 573 g/mol. The second kappa shape index (κ2) is 13.5.